The van der Waals surface area contributed by atoms with Gasteiger partial charge in [0, 0.05) is 31.6 Å². The number of nitrogens with one attached hydrogen (secondary N) is 1. The fourth-order valence-corrected chi connectivity index (χ4v) is 5.03. The molecule has 5 rings (SSSR count). The number of hydrogen-bond donors (Lipinski definition) is 1. The summed E-state index contributed by atoms with van der Waals surface area (Å²) in [7, 11) is 0. The number of rotatable bonds is 5. The second-order valence-corrected chi connectivity index (χ2v) is 8.68. The number of hydrogen-bond acceptors (Lipinski definition) is 4. The van der Waals surface area contributed by atoms with Crippen molar-refractivity contribution < 1.29 is 13.9 Å². The molecule has 0 spiro atoms. The van der Waals surface area contributed by atoms with Crippen molar-refractivity contribution in [3.05, 3.63) is 70.4 Å². The summed E-state index contributed by atoms with van der Waals surface area (Å²) in [5, 5.41) is 0. The van der Waals surface area contributed by atoms with Gasteiger partial charge in [-0.05, 0) is 49.1 Å². The van der Waals surface area contributed by atoms with Gasteiger partial charge < -0.3 is 14.6 Å². The third-order valence-corrected chi connectivity index (χ3v) is 6.72. The van der Waals surface area contributed by atoms with Gasteiger partial charge in [0.05, 0.1) is 23.6 Å². The van der Waals surface area contributed by atoms with E-state index >= 15 is 0 Å². The number of benzene rings is 2. The Hall–Kier alpha value is -2.93. The Morgan fingerprint density at radius 3 is 2.55 bits per heavy atom. The topological polar surface area (TPSA) is 67.3 Å². The van der Waals surface area contributed by atoms with E-state index < -0.39 is 0 Å². The van der Waals surface area contributed by atoms with E-state index in [9.17, 15) is 14.0 Å². The molecule has 31 heavy (non-hydrogen) atoms. The van der Waals surface area contributed by atoms with E-state index in [2.05, 4.69) is 9.88 Å². The Morgan fingerprint density at radius 1 is 1.03 bits per heavy atom. The maximum atomic E-state index is 13.2. The molecule has 6 nitrogen and oxygen atoms in total. The Bertz CT molecular complexity index is 1130. The first-order valence-electron chi connectivity index (χ1n) is 10.9. The molecule has 0 amide bonds. The van der Waals surface area contributed by atoms with Crippen molar-refractivity contribution in [1.29, 1.82) is 0 Å². The van der Waals surface area contributed by atoms with Crippen LogP contribution in [0.2, 0.25) is 0 Å². The molecule has 7 heteroatoms. The van der Waals surface area contributed by atoms with Crippen LogP contribution in [-0.4, -0.2) is 46.7 Å². The number of piperidine rings is 1. The maximum Gasteiger partial charge on any atom is 0.326 e. The van der Waals surface area contributed by atoms with Crippen molar-refractivity contribution >= 4 is 17.0 Å². The van der Waals surface area contributed by atoms with Crippen molar-refractivity contribution in [3.63, 3.8) is 0 Å². The van der Waals surface area contributed by atoms with Crippen LogP contribution in [0.4, 0.5) is 4.39 Å². The van der Waals surface area contributed by atoms with E-state index in [1.807, 2.05) is 28.8 Å². The number of likely N-dealkylation sites (tertiary alicyclic amines) is 1. The van der Waals surface area contributed by atoms with Crippen LogP contribution in [-0.2, 0) is 16.0 Å². The molecule has 2 aliphatic rings. The molecular weight excluding hydrogens is 397 g/mol. The zero-order valence-corrected chi connectivity index (χ0v) is 17.3. The first kappa shape index (κ1) is 20.0. The fourth-order valence-electron chi connectivity index (χ4n) is 5.03. The van der Waals surface area contributed by atoms with Crippen molar-refractivity contribution in [2.45, 2.75) is 25.3 Å². The van der Waals surface area contributed by atoms with Crippen LogP contribution < -0.4 is 5.69 Å². The molecular formula is C24H26FN3O3. The lowest BCUT2D eigenvalue weighted by Gasteiger charge is -2.34. The van der Waals surface area contributed by atoms with Crippen molar-refractivity contribution in [3.8, 4) is 0 Å². The number of carbonyl (C=O) groups is 1. The summed E-state index contributed by atoms with van der Waals surface area (Å²) in [4.78, 5) is 30.1. The average molecular weight is 423 g/mol. The third-order valence-electron chi connectivity index (χ3n) is 6.72. The fraction of sp³-hybridized carbons (Fsp3) is 0.417. The highest BCUT2D eigenvalue weighted by Gasteiger charge is 2.38. The van der Waals surface area contributed by atoms with E-state index in [4.69, 9.17) is 4.74 Å². The minimum Gasteiger partial charge on any atom is -0.465 e. The van der Waals surface area contributed by atoms with Crippen LogP contribution >= 0.6 is 0 Å². The van der Waals surface area contributed by atoms with E-state index in [1.165, 1.54) is 12.1 Å². The Kier molecular flexibility index (Phi) is 5.36. The SMILES string of the molecule is O=C1OC[C@H](Cc2ccc(F)cc2)[C@H]1CN1CCC(n2c(=O)[nH]c3ccccc32)CC1. The smallest absolute Gasteiger partial charge is 0.326 e. The summed E-state index contributed by atoms with van der Waals surface area (Å²) in [5.41, 5.74) is 2.78. The standard InChI is InChI=1S/C24H26FN3O3/c25-18-7-5-16(6-8-18)13-17-15-31-23(29)20(17)14-27-11-9-19(10-12-27)28-22-4-2-1-3-21(22)26-24(28)30/h1-8,17,19-20H,9-15H2,(H,26,30)/t17-,20+/m0/s1. The largest absolute Gasteiger partial charge is 0.465 e. The first-order chi connectivity index (χ1) is 15.1. The van der Waals surface area contributed by atoms with Crippen LogP contribution in [0, 0.1) is 17.7 Å². The van der Waals surface area contributed by atoms with Crippen LogP contribution in [0.25, 0.3) is 11.0 Å². The summed E-state index contributed by atoms with van der Waals surface area (Å²) in [6, 6.07) is 14.4. The number of carbonyl (C=O) groups excluding carboxylic acids is 1. The second-order valence-electron chi connectivity index (χ2n) is 8.68. The van der Waals surface area contributed by atoms with E-state index in [1.54, 1.807) is 12.1 Å². The molecule has 0 unspecified atom stereocenters. The van der Waals surface area contributed by atoms with Gasteiger partial charge in [-0.3, -0.25) is 9.36 Å². The molecule has 0 aliphatic carbocycles. The molecule has 0 radical (unpaired) electrons. The highest BCUT2D eigenvalue weighted by atomic mass is 19.1. The molecule has 2 fully saturated rings. The molecule has 3 aromatic rings. The van der Waals surface area contributed by atoms with Gasteiger partial charge in [-0.2, -0.15) is 0 Å². The summed E-state index contributed by atoms with van der Waals surface area (Å²) in [6.45, 7) is 2.76. The number of ether oxygens (including phenoxy) is 1. The number of esters is 1. The predicted molar refractivity (Wildman–Crippen MR) is 115 cm³/mol. The lowest BCUT2D eigenvalue weighted by Crippen LogP contribution is -2.41. The van der Waals surface area contributed by atoms with Crippen molar-refractivity contribution in [1.82, 2.24) is 14.5 Å². The van der Waals surface area contributed by atoms with E-state index in [0.29, 0.717) is 19.6 Å². The normalized spacial score (nSPS) is 22.8. The number of halogens is 1. The highest BCUT2D eigenvalue weighted by molar-refractivity contribution is 5.75. The summed E-state index contributed by atoms with van der Waals surface area (Å²) >= 11 is 0. The zero-order chi connectivity index (χ0) is 21.4. The van der Waals surface area contributed by atoms with Crippen molar-refractivity contribution in [2.24, 2.45) is 11.8 Å². The molecule has 3 heterocycles. The molecule has 0 bridgehead atoms. The minimum absolute atomic E-state index is 0.0571. The molecule has 2 aliphatic heterocycles. The molecule has 2 atom stereocenters. The van der Waals surface area contributed by atoms with Gasteiger partial charge in [-0.25, -0.2) is 9.18 Å². The highest BCUT2D eigenvalue weighted by Crippen LogP contribution is 2.30. The number of nitrogens with zero attached hydrogens (tertiary/aromatic N) is 2. The number of imidazole rings is 1. The molecule has 162 valence electrons. The number of aromatic nitrogens is 2. The first-order valence-corrected chi connectivity index (χ1v) is 10.9. The van der Waals surface area contributed by atoms with Gasteiger partial charge >= 0.3 is 11.7 Å². The quantitative estimate of drug-likeness (QED) is 0.641. The number of cyclic esters (lactones) is 1. The van der Waals surface area contributed by atoms with Gasteiger partial charge in [0.25, 0.3) is 0 Å². The summed E-state index contributed by atoms with van der Waals surface area (Å²) in [6.07, 6.45) is 2.44. The van der Waals surface area contributed by atoms with Gasteiger partial charge in [0.1, 0.15) is 5.82 Å². The summed E-state index contributed by atoms with van der Waals surface area (Å²) < 4.78 is 20.4. The summed E-state index contributed by atoms with van der Waals surface area (Å²) in [5.74, 6) is -0.456. The molecule has 1 aromatic heterocycles. The van der Waals surface area contributed by atoms with Gasteiger partial charge in [0.15, 0.2) is 0 Å². The van der Waals surface area contributed by atoms with Crippen molar-refractivity contribution in [2.75, 3.05) is 26.2 Å². The molecule has 1 N–H and O–H groups in total. The third kappa shape index (κ3) is 4.02. The van der Waals surface area contributed by atoms with Gasteiger partial charge in [-0.1, -0.05) is 24.3 Å². The molecule has 2 saturated heterocycles. The number of H-pyrrole nitrogens is 1. The number of aromatic amines is 1. The number of fused-ring (bicyclic) bond motifs is 1. The van der Waals surface area contributed by atoms with Crippen LogP contribution in [0.3, 0.4) is 0 Å². The lowest BCUT2D eigenvalue weighted by molar-refractivity contribution is -0.141. The van der Waals surface area contributed by atoms with Crippen LogP contribution in [0.5, 0.6) is 0 Å². The maximum absolute atomic E-state index is 13.2. The molecule has 2 aromatic carbocycles. The monoisotopic (exact) mass is 423 g/mol. The van der Waals surface area contributed by atoms with E-state index in [0.717, 1.165) is 42.5 Å². The lowest BCUT2D eigenvalue weighted by atomic mass is 9.88. The van der Waals surface area contributed by atoms with Gasteiger partial charge in [-0.15, -0.1) is 0 Å². The van der Waals surface area contributed by atoms with Gasteiger partial charge in [0.2, 0.25) is 0 Å². The Morgan fingerprint density at radius 2 is 1.77 bits per heavy atom. The average Bonchev–Trinajstić information content (AvgIpc) is 3.29. The zero-order valence-electron chi connectivity index (χ0n) is 17.3. The second kappa shape index (κ2) is 8.30. The van der Waals surface area contributed by atoms with E-state index in [-0.39, 0.29) is 35.4 Å². The predicted octanol–water partition coefficient (Wildman–Crippen LogP) is 3.14. The van der Waals surface area contributed by atoms with Crippen LogP contribution in [0.1, 0.15) is 24.4 Å². The minimum atomic E-state index is -0.253. The molecule has 0 saturated carbocycles. The Labute approximate surface area is 179 Å². The number of para-hydroxylation sites is 2. The van der Waals surface area contributed by atoms with Crippen LogP contribution in [0.15, 0.2) is 53.3 Å². The Balaban J connectivity index is 1.23.